The number of hydrogen-bond donors (Lipinski definition) is 1. The van der Waals surface area contributed by atoms with E-state index < -0.39 is 5.41 Å². The van der Waals surface area contributed by atoms with Crippen LogP contribution in [0.5, 0.6) is 0 Å². The van der Waals surface area contributed by atoms with Crippen LogP contribution >= 0.6 is 0 Å². The summed E-state index contributed by atoms with van der Waals surface area (Å²) in [5.74, 6) is 1.01. The number of amides is 2. The van der Waals surface area contributed by atoms with Gasteiger partial charge in [0.05, 0.1) is 18.6 Å². The van der Waals surface area contributed by atoms with E-state index >= 15 is 0 Å². The van der Waals surface area contributed by atoms with E-state index in [4.69, 9.17) is 10.5 Å². The van der Waals surface area contributed by atoms with Gasteiger partial charge in [-0.15, -0.1) is 0 Å². The smallest absolute Gasteiger partial charge is 0.232 e. The van der Waals surface area contributed by atoms with Crippen LogP contribution in [0.25, 0.3) is 0 Å². The van der Waals surface area contributed by atoms with E-state index in [2.05, 4.69) is 9.88 Å². The van der Waals surface area contributed by atoms with Crippen molar-refractivity contribution < 1.29 is 14.3 Å². The lowest BCUT2D eigenvalue weighted by Gasteiger charge is -2.33. The van der Waals surface area contributed by atoms with Gasteiger partial charge in [0.25, 0.3) is 0 Å². The Balaban J connectivity index is 1.47. The zero-order valence-corrected chi connectivity index (χ0v) is 16.5. The van der Waals surface area contributed by atoms with Gasteiger partial charge in [-0.2, -0.15) is 0 Å². The van der Waals surface area contributed by atoms with Crippen molar-refractivity contribution in [3.8, 4) is 0 Å². The molecule has 8 heteroatoms. The Bertz CT molecular complexity index is 757. The molecule has 2 amide bonds. The second-order valence-corrected chi connectivity index (χ2v) is 8.24. The Morgan fingerprint density at radius 3 is 2.86 bits per heavy atom. The Morgan fingerprint density at radius 1 is 1.29 bits per heavy atom. The minimum Gasteiger partial charge on any atom is -0.383 e. The Hall–Kier alpha value is -2.19. The number of aromatic nitrogens is 1. The average Bonchev–Trinajstić information content (AvgIpc) is 3.10. The van der Waals surface area contributed by atoms with Gasteiger partial charge in [0.2, 0.25) is 11.8 Å². The molecule has 0 bridgehead atoms. The molecule has 28 heavy (non-hydrogen) atoms. The quantitative estimate of drug-likeness (QED) is 0.796. The highest BCUT2D eigenvalue weighted by Gasteiger charge is 2.56. The topological polar surface area (TPSA) is 92.0 Å². The van der Waals surface area contributed by atoms with Crippen molar-refractivity contribution >= 4 is 17.6 Å². The highest BCUT2D eigenvalue weighted by Crippen LogP contribution is 2.43. The van der Waals surface area contributed by atoms with Crippen molar-refractivity contribution in [1.82, 2.24) is 19.7 Å². The third-order valence-electron chi connectivity index (χ3n) is 6.42. The molecule has 0 spiro atoms. The molecular formula is C20H29N5O3. The first-order valence-corrected chi connectivity index (χ1v) is 10.0. The summed E-state index contributed by atoms with van der Waals surface area (Å²) in [6.45, 7) is 7.53. The third kappa shape index (κ3) is 3.46. The molecule has 3 aliphatic rings. The molecule has 3 fully saturated rings. The van der Waals surface area contributed by atoms with E-state index in [1.807, 2.05) is 21.9 Å². The third-order valence-corrected chi connectivity index (χ3v) is 6.42. The first-order valence-electron chi connectivity index (χ1n) is 10.0. The molecule has 8 nitrogen and oxygen atoms in total. The zero-order chi connectivity index (χ0) is 19.7. The number of nitrogens with two attached hydrogens (primary N) is 1. The minimum atomic E-state index is -0.484. The van der Waals surface area contributed by atoms with Crippen LogP contribution in [0.3, 0.4) is 0 Å². The molecule has 0 unspecified atom stereocenters. The normalized spacial score (nSPS) is 28.2. The molecular weight excluding hydrogens is 358 g/mol. The molecule has 2 atom stereocenters. The van der Waals surface area contributed by atoms with Gasteiger partial charge in [0.15, 0.2) is 0 Å². The van der Waals surface area contributed by atoms with Crippen molar-refractivity contribution in [3.63, 3.8) is 0 Å². The molecule has 4 rings (SSSR count). The Morgan fingerprint density at radius 2 is 2.07 bits per heavy atom. The lowest BCUT2D eigenvalue weighted by molar-refractivity contribution is -0.143. The first kappa shape index (κ1) is 19.1. The maximum atomic E-state index is 13.6. The molecule has 1 aromatic heterocycles. The molecule has 0 radical (unpaired) electrons. The van der Waals surface area contributed by atoms with E-state index in [0.29, 0.717) is 51.8 Å². The van der Waals surface area contributed by atoms with Gasteiger partial charge >= 0.3 is 0 Å². The van der Waals surface area contributed by atoms with Crippen LogP contribution in [-0.4, -0.2) is 84.0 Å². The van der Waals surface area contributed by atoms with Crippen LogP contribution in [-0.2, 0) is 20.9 Å². The Labute approximate surface area is 165 Å². The first-order chi connectivity index (χ1) is 13.5. The molecule has 0 saturated carbocycles. The van der Waals surface area contributed by atoms with Gasteiger partial charge < -0.3 is 20.3 Å². The molecule has 4 heterocycles. The number of nitrogen functional groups attached to an aromatic ring is 1. The van der Waals surface area contributed by atoms with Gasteiger partial charge in [-0.1, -0.05) is 6.07 Å². The lowest BCUT2D eigenvalue weighted by atomic mass is 9.79. The van der Waals surface area contributed by atoms with Crippen molar-refractivity contribution in [1.29, 1.82) is 0 Å². The van der Waals surface area contributed by atoms with Crippen LogP contribution in [0, 0.1) is 11.3 Å². The van der Waals surface area contributed by atoms with Gasteiger partial charge in [-0.05, 0) is 12.5 Å². The summed E-state index contributed by atoms with van der Waals surface area (Å²) < 4.78 is 5.76. The number of carbonyl (C=O) groups is 2. The van der Waals surface area contributed by atoms with Gasteiger partial charge in [0, 0.05) is 70.4 Å². The van der Waals surface area contributed by atoms with Crippen molar-refractivity contribution in [2.45, 2.75) is 19.9 Å². The molecule has 1 aromatic rings. The predicted octanol–water partition coefficient (Wildman–Crippen LogP) is 0.193. The molecule has 3 aliphatic heterocycles. The SMILES string of the molecule is CC(=O)N1CCCN(C(=O)[C@]23COC[C@H]2CN(Cc2cccnc2N)C3)CC1. The van der Waals surface area contributed by atoms with E-state index in [-0.39, 0.29) is 17.7 Å². The number of hydrogen-bond acceptors (Lipinski definition) is 6. The maximum Gasteiger partial charge on any atom is 0.232 e. The summed E-state index contributed by atoms with van der Waals surface area (Å²) in [6.07, 6.45) is 2.52. The largest absolute Gasteiger partial charge is 0.383 e. The summed E-state index contributed by atoms with van der Waals surface area (Å²) in [6, 6.07) is 3.89. The summed E-state index contributed by atoms with van der Waals surface area (Å²) in [5.41, 5.74) is 6.52. The summed E-state index contributed by atoms with van der Waals surface area (Å²) in [5, 5.41) is 0. The van der Waals surface area contributed by atoms with Crippen molar-refractivity contribution in [3.05, 3.63) is 23.9 Å². The van der Waals surface area contributed by atoms with E-state index in [0.717, 1.165) is 25.1 Å². The van der Waals surface area contributed by atoms with Gasteiger partial charge in [-0.3, -0.25) is 14.5 Å². The number of nitrogens with zero attached hydrogens (tertiary/aromatic N) is 4. The number of ether oxygens (including phenoxy) is 1. The number of anilines is 1. The van der Waals surface area contributed by atoms with Crippen LogP contribution in [0.15, 0.2) is 18.3 Å². The fraction of sp³-hybridized carbons (Fsp3) is 0.650. The summed E-state index contributed by atoms with van der Waals surface area (Å²) in [7, 11) is 0. The molecule has 3 saturated heterocycles. The van der Waals surface area contributed by atoms with E-state index in [1.165, 1.54) is 0 Å². The molecule has 0 aromatic carbocycles. The van der Waals surface area contributed by atoms with Crippen LogP contribution in [0.1, 0.15) is 18.9 Å². The highest BCUT2D eigenvalue weighted by atomic mass is 16.5. The van der Waals surface area contributed by atoms with Crippen molar-refractivity contribution in [2.24, 2.45) is 11.3 Å². The minimum absolute atomic E-state index is 0.0793. The lowest BCUT2D eigenvalue weighted by Crippen LogP contribution is -2.50. The Kier molecular flexibility index (Phi) is 5.25. The highest BCUT2D eigenvalue weighted by molar-refractivity contribution is 5.84. The fourth-order valence-electron chi connectivity index (χ4n) is 4.84. The van der Waals surface area contributed by atoms with Crippen LogP contribution < -0.4 is 5.73 Å². The number of fused-ring (bicyclic) bond motifs is 1. The van der Waals surface area contributed by atoms with Crippen molar-refractivity contribution in [2.75, 3.05) is 58.2 Å². The zero-order valence-electron chi connectivity index (χ0n) is 16.5. The molecule has 152 valence electrons. The summed E-state index contributed by atoms with van der Waals surface area (Å²) >= 11 is 0. The fourth-order valence-corrected chi connectivity index (χ4v) is 4.84. The van der Waals surface area contributed by atoms with Crippen LogP contribution in [0.4, 0.5) is 5.82 Å². The number of likely N-dealkylation sites (tertiary alicyclic amines) is 1. The summed E-state index contributed by atoms with van der Waals surface area (Å²) in [4.78, 5) is 35.5. The maximum absolute atomic E-state index is 13.6. The predicted molar refractivity (Wildman–Crippen MR) is 104 cm³/mol. The number of carbonyl (C=O) groups excluding carboxylic acids is 2. The van der Waals surface area contributed by atoms with E-state index in [1.54, 1.807) is 13.1 Å². The van der Waals surface area contributed by atoms with Gasteiger partial charge in [0.1, 0.15) is 5.82 Å². The van der Waals surface area contributed by atoms with E-state index in [9.17, 15) is 9.59 Å². The van der Waals surface area contributed by atoms with Gasteiger partial charge in [-0.25, -0.2) is 4.98 Å². The molecule has 2 N–H and O–H groups in total. The molecule has 0 aliphatic carbocycles. The standard InChI is InChI=1S/C20H29N5O3/c1-15(26)24-6-3-7-25(9-8-24)19(27)20-13-23(11-17(20)12-28-14-20)10-16-4-2-5-22-18(16)21/h2,4-5,17H,3,6-14H2,1H3,(H2,21,22)/t17-,20-/m1/s1. The monoisotopic (exact) mass is 387 g/mol. The second kappa shape index (κ2) is 7.67. The second-order valence-electron chi connectivity index (χ2n) is 8.24. The number of pyridine rings is 1. The number of rotatable bonds is 3. The van der Waals surface area contributed by atoms with Crippen LogP contribution in [0.2, 0.25) is 0 Å². The average molecular weight is 387 g/mol.